The molecule has 10 heavy (non-hydrogen) atoms. The van der Waals surface area contributed by atoms with Gasteiger partial charge in [-0.05, 0) is 0 Å². The topological polar surface area (TPSA) is 37.3 Å². The molecule has 0 aliphatic rings. The Morgan fingerprint density at radius 2 is 1.60 bits per heavy atom. The number of halogens is 4. The quantitative estimate of drug-likeness (QED) is 0.736. The molecule has 0 aromatic carbocycles. The molecule has 60 valence electrons. The summed E-state index contributed by atoms with van der Waals surface area (Å²) in [4.78, 5) is 9.56. The van der Waals surface area contributed by atoms with E-state index in [-0.39, 0.29) is 8.56 Å². The van der Waals surface area contributed by atoms with Crippen LogP contribution in [0.5, 0.6) is 0 Å². The summed E-state index contributed by atoms with van der Waals surface area (Å²) in [6, 6.07) is 0. The predicted octanol–water partition coefficient (Wildman–Crippen LogP) is 2.71. The number of rotatable bonds is 3. The summed E-state index contributed by atoms with van der Waals surface area (Å²) in [5.41, 5.74) is 0. The van der Waals surface area contributed by atoms with E-state index in [1.807, 2.05) is 0 Å². The molecule has 0 rings (SSSR count). The lowest BCUT2D eigenvalue weighted by Gasteiger charge is -2.13. The predicted molar refractivity (Wildman–Crippen MR) is 54.7 cm³/mol. The zero-order valence-electron chi connectivity index (χ0n) is 4.60. The first-order chi connectivity index (χ1) is 4.46. The summed E-state index contributed by atoms with van der Waals surface area (Å²) >= 11 is 12.6. The zero-order chi connectivity index (χ0) is 8.31. The molecule has 0 spiro atoms. The highest BCUT2D eigenvalue weighted by Crippen LogP contribution is 2.26. The fourth-order valence-corrected chi connectivity index (χ4v) is 2.22. The van der Waals surface area contributed by atoms with Crippen molar-refractivity contribution in [3.8, 4) is 0 Å². The number of carboxylic acids is 1. The van der Waals surface area contributed by atoms with Gasteiger partial charge in [0.15, 0.2) is 0 Å². The van der Waals surface area contributed by atoms with E-state index in [2.05, 4.69) is 63.7 Å². The molecule has 0 fully saturated rings. The smallest absolute Gasteiger partial charge is 0.318 e. The lowest BCUT2D eigenvalue weighted by Crippen LogP contribution is -2.27. The van der Waals surface area contributed by atoms with Gasteiger partial charge in [-0.2, -0.15) is 0 Å². The van der Waals surface area contributed by atoms with Gasteiger partial charge in [0.05, 0.1) is 8.56 Å². The van der Waals surface area contributed by atoms with E-state index in [0.717, 1.165) is 0 Å². The average Bonchev–Trinajstić information content (AvgIpc) is 1.84. The van der Waals surface area contributed by atoms with Crippen LogP contribution in [0.25, 0.3) is 0 Å². The van der Waals surface area contributed by atoms with Gasteiger partial charge in [-0.3, -0.25) is 4.79 Å². The van der Waals surface area contributed by atoms with Crippen molar-refractivity contribution in [1.82, 2.24) is 0 Å². The fourth-order valence-electron chi connectivity index (χ4n) is 0.264. The van der Waals surface area contributed by atoms with E-state index in [1.54, 1.807) is 0 Å². The normalized spacial score (nSPS) is 16.9. The van der Waals surface area contributed by atoms with Crippen LogP contribution in [0.3, 0.4) is 0 Å². The van der Waals surface area contributed by atoms with Gasteiger partial charge in [-0.1, -0.05) is 63.7 Å². The second-order valence-corrected chi connectivity index (χ2v) is 6.76. The minimum Gasteiger partial charge on any atom is -0.480 e. The molecule has 0 amide bonds. The van der Waals surface area contributed by atoms with Crippen LogP contribution in [-0.4, -0.2) is 24.5 Å². The highest BCUT2D eigenvalue weighted by molar-refractivity contribution is 9.25. The van der Waals surface area contributed by atoms with Crippen LogP contribution < -0.4 is 0 Å². The maximum Gasteiger partial charge on any atom is 0.318 e. The maximum absolute atomic E-state index is 10.3. The first-order valence-electron chi connectivity index (χ1n) is 2.26. The molecular formula is C4H4Br4O2. The van der Waals surface area contributed by atoms with Gasteiger partial charge in [0.1, 0.15) is 4.83 Å². The molecule has 0 aliphatic heterocycles. The van der Waals surface area contributed by atoms with Crippen molar-refractivity contribution in [2.24, 2.45) is 0 Å². The SMILES string of the molecule is O=C(O)C(Br)C(Br)C(Br)Br. The molecule has 0 radical (unpaired) electrons. The number of hydrogen-bond acceptors (Lipinski definition) is 1. The van der Waals surface area contributed by atoms with Crippen LogP contribution in [-0.2, 0) is 4.79 Å². The van der Waals surface area contributed by atoms with E-state index < -0.39 is 10.8 Å². The van der Waals surface area contributed by atoms with Gasteiger partial charge in [0.25, 0.3) is 0 Å². The number of carboxylic acid groups (broad SMARTS) is 1. The van der Waals surface area contributed by atoms with Gasteiger partial charge >= 0.3 is 5.97 Å². The van der Waals surface area contributed by atoms with E-state index >= 15 is 0 Å². The Hall–Kier alpha value is 1.39. The third-order valence-corrected chi connectivity index (χ3v) is 6.04. The molecular weight excluding hydrogens is 400 g/mol. The molecule has 0 bridgehead atoms. The molecule has 0 aromatic heterocycles. The second kappa shape index (κ2) is 5.11. The van der Waals surface area contributed by atoms with Gasteiger partial charge < -0.3 is 5.11 Å². The molecule has 2 nitrogen and oxygen atoms in total. The summed E-state index contributed by atoms with van der Waals surface area (Å²) in [6.07, 6.45) is 0. The van der Waals surface area contributed by atoms with Gasteiger partial charge in [0.2, 0.25) is 0 Å². The molecule has 6 heteroatoms. The molecule has 1 N–H and O–H groups in total. The minimum absolute atomic E-state index is 0.0551. The van der Waals surface area contributed by atoms with E-state index in [4.69, 9.17) is 5.11 Å². The number of alkyl halides is 4. The highest BCUT2D eigenvalue weighted by Gasteiger charge is 2.27. The Morgan fingerprint density at radius 1 is 1.20 bits per heavy atom. The van der Waals surface area contributed by atoms with Gasteiger partial charge in [-0.15, -0.1) is 0 Å². The molecule has 0 saturated carbocycles. The molecule has 2 atom stereocenters. The number of aliphatic carboxylic acids is 1. The summed E-state index contributed by atoms with van der Waals surface area (Å²) in [5.74, 6) is -0.884. The van der Waals surface area contributed by atoms with Crippen molar-refractivity contribution in [2.45, 2.75) is 13.4 Å². The Bertz CT molecular complexity index is 126. The largest absolute Gasteiger partial charge is 0.480 e. The third-order valence-electron chi connectivity index (χ3n) is 0.756. The second-order valence-electron chi connectivity index (χ2n) is 1.52. The van der Waals surface area contributed by atoms with Crippen LogP contribution in [0.1, 0.15) is 0 Å². The van der Waals surface area contributed by atoms with Crippen molar-refractivity contribution in [3.05, 3.63) is 0 Å². The van der Waals surface area contributed by atoms with Gasteiger partial charge in [-0.25, -0.2) is 0 Å². The Labute approximate surface area is 92.3 Å². The van der Waals surface area contributed by atoms with Crippen LogP contribution in [0, 0.1) is 0 Å². The monoisotopic (exact) mass is 400 g/mol. The highest BCUT2D eigenvalue weighted by atomic mass is 79.9. The molecule has 0 aromatic rings. The maximum atomic E-state index is 10.3. The number of carbonyl (C=O) groups is 1. The Kier molecular flexibility index (Phi) is 5.82. The first kappa shape index (κ1) is 11.4. The van der Waals surface area contributed by atoms with Crippen LogP contribution in [0.15, 0.2) is 0 Å². The Balaban J connectivity index is 3.94. The van der Waals surface area contributed by atoms with Crippen molar-refractivity contribution in [2.75, 3.05) is 0 Å². The lowest BCUT2D eigenvalue weighted by molar-refractivity contribution is -0.136. The van der Waals surface area contributed by atoms with E-state index in [1.165, 1.54) is 0 Å². The third kappa shape index (κ3) is 3.69. The zero-order valence-corrected chi connectivity index (χ0v) is 10.9. The van der Waals surface area contributed by atoms with Crippen LogP contribution in [0.2, 0.25) is 0 Å². The van der Waals surface area contributed by atoms with Crippen LogP contribution >= 0.6 is 63.7 Å². The summed E-state index contributed by atoms with van der Waals surface area (Å²) in [6.45, 7) is 0. The van der Waals surface area contributed by atoms with E-state index in [0.29, 0.717) is 0 Å². The first-order valence-corrected chi connectivity index (χ1v) is 5.92. The summed E-state index contributed by atoms with van der Waals surface area (Å²) in [5, 5.41) is 8.48. The fraction of sp³-hybridized carbons (Fsp3) is 0.750. The molecule has 0 heterocycles. The van der Waals surface area contributed by atoms with Crippen molar-refractivity contribution >= 4 is 69.7 Å². The standard InChI is InChI=1S/C4H4Br4O2/c5-1(3(7)8)2(6)4(9)10/h1-3H,(H,9,10). The average molecular weight is 404 g/mol. The summed E-state index contributed by atoms with van der Waals surface area (Å²) < 4.78 is -0.0551. The van der Waals surface area contributed by atoms with Crippen molar-refractivity contribution < 1.29 is 9.90 Å². The molecule has 0 aliphatic carbocycles. The summed E-state index contributed by atoms with van der Waals surface area (Å²) in [7, 11) is 0. The van der Waals surface area contributed by atoms with Gasteiger partial charge in [0, 0.05) is 0 Å². The molecule has 0 saturated heterocycles. The molecule has 2 unspecified atom stereocenters. The van der Waals surface area contributed by atoms with Crippen molar-refractivity contribution in [3.63, 3.8) is 0 Å². The van der Waals surface area contributed by atoms with Crippen molar-refractivity contribution in [1.29, 1.82) is 0 Å². The van der Waals surface area contributed by atoms with Crippen LogP contribution in [0.4, 0.5) is 0 Å². The Morgan fingerprint density at radius 3 is 1.70 bits per heavy atom. The minimum atomic E-state index is -0.884. The lowest BCUT2D eigenvalue weighted by atomic mass is 10.3. The van der Waals surface area contributed by atoms with E-state index in [9.17, 15) is 4.79 Å². The number of hydrogen-bond donors (Lipinski definition) is 1.